The van der Waals surface area contributed by atoms with E-state index < -0.39 is 0 Å². The van der Waals surface area contributed by atoms with Crippen LogP contribution in [0.2, 0.25) is 0 Å². The van der Waals surface area contributed by atoms with Gasteiger partial charge in [0.05, 0.1) is 6.33 Å². The van der Waals surface area contributed by atoms with Crippen molar-refractivity contribution in [3.05, 3.63) is 18.7 Å². The molecule has 0 aliphatic heterocycles. The zero-order valence-corrected chi connectivity index (χ0v) is 6.66. The van der Waals surface area contributed by atoms with E-state index in [2.05, 4.69) is 15.7 Å². The minimum Gasteiger partial charge on any atom is -0.336 e. The molecule has 1 radical (unpaired) electrons. The van der Waals surface area contributed by atoms with Crippen molar-refractivity contribution in [3.63, 3.8) is 0 Å². The lowest BCUT2D eigenvalue weighted by Gasteiger charge is -2.08. The normalized spacial score (nSPS) is 19.3. The Kier molecular flexibility index (Phi) is 1.93. The van der Waals surface area contributed by atoms with Crippen LogP contribution in [0.15, 0.2) is 12.5 Å². The Morgan fingerprint density at radius 1 is 1.45 bits per heavy atom. The van der Waals surface area contributed by atoms with Crippen LogP contribution >= 0.6 is 0 Å². The highest BCUT2D eigenvalue weighted by molar-refractivity contribution is 4.75. The molecule has 1 heterocycles. The number of imidazole rings is 1. The maximum Gasteiger partial charge on any atom is 0.108 e. The van der Waals surface area contributed by atoms with E-state index in [4.69, 9.17) is 0 Å². The summed E-state index contributed by atoms with van der Waals surface area (Å²) in [6.07, 6.45) is 12.2. The van der Waals surface area contributed by atoms with Crippen molar-refractivity contribution in [1.29, 1.82) is 0 Å². The highest BCUT2D eigenvalue weighted by Gasteiger charge is 2.14. The first-order valence-electron chi connectivity index (χ1n) is 4.33. The Morgan fingerprint density at radius 3 is 2.91 bits per heavy atom. The Morgan fingerprint density at radius 2 is 2.27 bits per heavy atom. The lowest BCUT2D eigenvalue weighted by molar-refractivity contribution is 0.457. The van der Waals surface area contributed by atoms with Crippen LogP contribution in [0.1, 0.15) is 25.7 Å². The fraction of sp³-hybridized carbons (Fsp3) is 0.667. The van der Waals surface area contributed by atoms with E-state index in [0.717, 1.165) is 12.5 Å². The van der Waals surface area contributed by atoms with Crippen molar-refractivity contribution < 1.29 is 0 Å². The van der Waals surface area contributed by atoms with Crippen LogP contribution in [0, 0.1) is 12.1 Å². The Labute approximate surface area is 67.3 Å². The quantitative estimate of drug-likeness (QED) is 0.627. The second-order valence-electron chi connectivity index (χ2n) is 3.35. The number of aromatic nitrogens is 2. The molecule has 11 heavy (non-hydrogen) atoms. The summed E-state index contributed by atoms with van der Waals surface area (Å²) in [5, 5.41) is 0. The van der Waals surface area contributed by atoms with Gasteiger partial charge in [0.1, 0.15) is 6.20 Å². The van der Waals surface area contributed by atoms with Crippen LogP contribution in [-0.4, -0.2) is 9.55 Å². The summed E-state index contributed by atoms with van der Waals surface area (Å²) in [7, 11) is 0. The predicted octanol–water partition coefficient (Wildman–Crippen LogP) is 1.87. The Hall–Kier alpha value is -0.790. The molecule has 0 amide bonds. The molecule has 0 spiro atoms. The first-order chi connectivity index (χ1) is 5.45. The largest absolute Gasteiger partial charge is 0.336 e. The number of hydrogen-bond donors (Lipinski definition) is 0. The standard InChI is InChI=1S/C9H13N2/c1-2-4-9(3-1)7-11-6-5-10-8-11/h6,8-9H,1-4,7H2. The first kappa shape index (κ1) is 6.89. The molecule has 2 rings (SSSR count). The van der Waals surface area contributed by atoms with Gasteiger partial charge in [-0.1, -0.05) is 12.8 Å². The molecule has 0 bridgehead atoms. The van der Waals surface area contributed by atoms with Crippen LogP contribution in [0.3, 0.4) is 0 Å². The molecule has 1 fully saturated rings. The van der Waals surface area contributed by atoms with E-state index in [9.17, 15) is 0 Å². The van der Waals surface area contributed by atoms with E-state index in [1.54, 1.807) is 0 Å². The summed E-state index contributed by atoms with van der Waals surface area (Å²) in [5.74, 6) is 0.901. The lowest BCUT2D eigenvalue weighted by Crippen LogP contribution is -2.04. The average Bonchev–Trinajstić information content (AvgIpc) is 2.60. The van der Waals surface area contributed by atoms with Crippen LogP contribution in [0.5, 0.6) is 0 Å². The van der Waals surface area contributed by atoms with Crippen molar-refractivity contribution in [2.75, 3.05) is 0 Å². The summed E-state index contributed by atoms with van der Waals surface area (Å²) >= 11 is 0. The summed E-state index contributed by atoms with van der Waals surface area (Å²) in [5.41, 5.74) is 0. The van der Waals surface area contributed by atoms with Gasteiger partial charge in [0.15, 0.2) is 0 Å². The third-order valence-electron chi connectivity index (χ3n) is 2.45. The number of nitrogens with zero attached hydrogens (tertiary/aromatic N) is 2. The molecular weight excluding hydrogens is 136 g/mol. The Bertz CT molecular complexity index is 197. The maximum atomic E-state index is 3.90. The van der Waals surface area contributed by atoms with Crippen LogP contribution in [0.4, 0.5) is 0 Å². The van der Waals surface area contributed by atoms with E-state index in [-0.39, 0.29) is 0 Å². The number of hydrogen-bond acceptors (Lipinski definition) is 1. The third kappa shape index (κ3) is 1.62. The molecule has 2 heteroatoms. The van der Waals surface area contributed by atoms with Gasteiger partial charge < -0.3 is 4.57 Å². The van der Waals surface area contributed by atoms with Crippen LogP contribution < -0.4 is 0 Å². The average molecular weight is 149 g/mol. The highest BCUT2D eigenvalue weighted by atomic mass is 15.0. The smallest absolute Gasteiger partial charge is 0.108 e. The molecule has 0 atom stereocenters. The second-order valence-corrected chi connectivity index (χ2v) is 3.35. The van der Waals surface area contributed by atoms with E-state index in [0.29, 0.717) is 0 Å². The molecule has 1 aliphatic rings. The molecule has 1 aromatic heterocycles. The summed E-state index contributed by atoms with van der Waals surface area (Å²) < 4.78 is 2.13. The van der Waals surface area contributed by atoms with Crippen LogP contribution in [0.25, 0.3) is 0 Å². The van der Waals surface area contributed by atoms with Gasteiger partial charge in [-0.15, -0.1) is 0 Å². The monoisotopic (exact) mass is 149 g/mol. The van der Waals surface area contributed by atoms with Crippen molar-refractivity contribution in [1.82, 2.24) is 9.55 Å². The SMILES string of the molecule is [c]1cn(CC2CCCC2)cn1. The molecule has 1 aromatic rings. The summed E-state index contributed by atoms with van der Waals surface area (Å²) in [6, 6.07) is 0. The van der Waals surface area contributed by atoms with Gasteiger partial charge in [-0.2, -0.15) is 0 Å². The molecular formula is C9H13N2. The van der Waals surface area contributed by atoms with E-state index in [1.807, 2.05) is 12.5 Å². The molecule has 0 aromatic carbocycles. The molecule has 59 valence electrons. The van der Waals surface area contributed by atoms with Crippen LogP contribution in [-0.2, 0) is 6.54 Å². The molecule has 1 saturated carbocycles. The van der Waals surface area contributed by atoms with Gasteiger partial charge in [0.25, 0.3) is 0 Å². The third-order valence-corrected chi connectivity index (χ3v) is 2.45. The fourth-order valence-corrected chi connectivity index (χ4v) is 1.84. The number of rotatable bonds is 2. The summed E-state index contributed by atoms with van der Waals surface area (Å²) in [6.45, 7) is 1.15. The van der Waals surface area contributed by atoms with E-state index in [1.165, 1.54) is 25.7 Å². The zero-order chi connectivity index (χ0) is 7.52. The van der Waals surface area contributed by atoms with Crippen molar-refractivity contribution >= 4 is 0 Å². The Balaban J connectivity index is 1.90. The minimum atomic E-state index is 0.901. The van der Waals surface area contributed by atoms with Crippen molar-refractivity contribution in [2.24, 2.45) is 5.92 Å². The van der Waals surface area contributed by atoms with Gasteiger partial charge in [-0.3, -0.25) is 0 Å². The van der Waals surface area contributed by atoms with Gasteiger partial charge >= 0.3 is 0 Å². The molecule has 2 nitrogen and oxygen atoms in total. The minimum absolute atomic E-state index is 0.901. The topological polar surface area (TPSA) is 17.8 Å². The first-order valence-corrected chi connectivity index (χ1v) is 4.33. The van der Waals surface area contributed by atoms with Gasteiger partial charge in [-0.05, 0) is 18.8 Å². The van der Waals surface area contributed by atoms with Crippen molar-refractivity contribution in [3.8, 4) is 0 Å². The predicted molar refractivity (Wildman–Crippen MR) is 43.0 cm³/mol. The van der Waals surface area contributed by atoms with E-state index >= 15 is 0 Å². The summed E-state index contributed by atoms with van der Waals surface area (Å²) in [4.78, 5) is 3.90. The molecule has 0 unspecified atom stereocenters. The lowest BCUT2D eigenvalue weighted by atomic mass is 10.1. The maximum absolute atomic E-state index is 3.90. The zero-order valence-electron chi connectivity index (χ0n) is 6.66. The molecule has 0 saturated heterocycles. The van der Waals surface area contributed by atoms with Crippen molar-refractivity contribution in [2.45, 2.75) is 32.2 Å². The molecule has 0 N–H and O–H groups in total. The van der Waals surface area contributed by atoms with Gasteiger partial charge in [0, 0.05) is 12.7 Å². The highest BCUT2D eigenvalue weighted by Crippen LogP contribution is 2.25. The fourth-order valence-electron chi connectivity index (χ4n) is 1.84. The molecule has 1 aliphatic carbocycles. The second kappa shape index (κ2) is 3.07. The van der Waals surface area contributed by atoms with Gasteiger partial charge in [-0.25, -0.2) is 4.98 Å². The van der Waals surface area contributed by atoms with Gasteiger partial charge in [0.2, 0.25) is 0 Å².